The lowest BCUT2D eigenvalue weighted by Crippen LogP contribution is -1.82. The third-order valence-electron chi connectivity index (χ3n) is 1.92. The van der Waals surface area contributed by atoms with E-state index in [9.17, 15) is 10.1 Å². The molecule has 0 radical (unpaired) electrons. The second kappa shape index (κ2) is 3.45. The molecular formula is C10H7NO4. The number of phenolic OH excluding ortho intramolecular Hbond substituents is 1. The molecule has 0 aliphatic carbocycles. The number of rotatable bonds is 2. The molecule has 76 valence electrons. The molecule has 1 heterocycles. The fourth-order valence-corrected chi connectivity index (χ4v) is 1.21. The Kier molecular flexibility index (Phi) is 2.13. The van der Waals surface area contributed by atoms with Crippen LogP contribution in [0.15, 0.2) is 40.8 Å². The van der Waals surface area contributed by atoms with Gasteiger partial charge in [0, 0.05) is 5.56 Å². The summed E-state index contributed by atoms with van der Waals surface area (Å²) in [7, 11) is 0. The Bertz CT molecular complexity index is 486. The summed E-state index contributed by atoms with van der Waals surface area (Å²) in [5, 5.41) is 19.4. The van der Waals surface area contributed by atoms with E-state index >= 15 is 0 Å². The van der Waals surface area contributed by atoms with Crippen LogP contribution in [0.5, 0.6) is 5.75 Å². The monoisotopic (exact) mass is 205 g/mol. The molecule has 5 nitrogen and oxygen atoms in total. The fourth-order valence-electron chi connectivity index (χ4n) is 1.21. The fraction of sp³-hybridized carbons (Fsp3) is 0. The molecule has 0 saturated heterocycles. The van der Waals surface area contributed by atoms with Crippen LogP contribution in [-0.4, -0.2) is 10.0 Å². The number of furan rings is 1. The van der Waals surface area contributed by atoms with Gasteiger partial charge in [0.05, 0.1) is 6.07 Å². The lowest BCUT2D eigenvalue weighted by atomic mass is 10.2. The van der Waals surface area contributed by atoms with Crippen molar-refractivity contribution < 1.29 is 14.4 Å². The molecule has 15 heavy (non-hydrogen) atoms. The van der Waals surface area contributed by atoms with Crippen LogP contribution in [0.1, 0.15) is 0 Å². The maximum Gasteiger partial charge on any atom is 0.433 e. The molecule has 1 N–H and O–H groups in total. The van der Waals surface area contributed by atoms with E-state index in [1.807, 2.05) is 0 Å². The molecule has 0 aliphatic rings. The number of aromatic hydroxyl groups is 1. The van der Waals surface area contributed by atoms with E-state index < -0.39 is 4.92 Å². The first-order valence-corrected chi connectivity index (χ1v) is 4.20. The molecule has 0 amide bonds. The molecule has 0 bridgehead atoms. The van der Waals surface area contributed by atoms with Gasteiger partial charge >= 0.3 is 5.88 Å². The molecule has 0 aliphatic heterocycles. The van der Waals surface area contributed by atoms with Crippen molar-refractivity contribution in [2.45, 2.75) is 0 Å². The molecule has 0 atom stereocenters. The third-order valence-corrected chi connectivity index (χ3v) is 1.92. The van der Waals surface area contributed by atoms with Crippen molar-refractivity contribution in [1.29, 1.82) is 0 Å². The Morgan fingerprint density at radius 3 is 2.33 bits per heavy atom. The smallest absolute Gasteiger partial charge is 0.433 e. The molecular weight excluding hydrogens is 198 g/mol. The zero-order valence-electron chi connectivity index (χ0n) is 7.58. The van der Waals surface area contributed by atoms with Crippen LogP contribution in [0, 0.1) is 10.1 Å². The van der Waals surface area contributed by atoms with Gasteiger partial charge in [-0.05, 0) is 30.3 Å². The summed E-state index contributed by atoms with van der Waals surface area (Å²) >= 11 is 0. The lowest BCUT2D eigenvalue weighted by molar-refractivity contribution is -0.401. The predicted molar refractivity (Wildman–Crippen MR) is 52.5 cm³/mol. The average Bonchev–Trinajstić information content (AvgIpc) is 2.68. The molecule has 5 heteroatoms. The second-order valence-corrected chi connectivity index (χ2v) is 2.94. The maximum atomic E-state index is 10.4. The van der Waals surface area contributed by atoms with Gasteiger partial charge in [-0.1, -0.05) is 0 Å². The van der Waals surface area contributed by atoms with Gasteiger partial charge in [0.1, 0.15) is 16.4 Å². The highest BCUT2D eigenvalue weighted by molar-refractivity contribution is 5.59. The van der Waals surface area contributed by atoms with Gasteiger partial charge in [0.15, 0.2) is 0 Å². The van der Waals surface area contributed by atoms with E-state index in [2.05, 4.69) is 0 Å². The number of hydrogen-bond donors (Lipinski definition) is 1. The first-order valence-electron chi connectivity index (χ1n) is 4.20. The van der Waals surface area contributed by atoms with E-state index in [1.165, 1.54) is 24.3 Å². The van der Waals surface area contributed by atoms with E-state index in [0.717, 1.165) is 0 Å². The SMILES string of the molecule is O=[N+]([O-])c1ccc(-c2ccc(O)cc2)o1. The zero-order chi connectivity index (χ0) is 10.8. The number of benzene rings is 1. The van der Waals surface area contributed by atoms with Gasteiger partial charge in [0.2, 0.25) is 0 Å². The predicted octanol–water partition coefficient (Wildman–Crippen LogP) is 2.56. The minimum absolute atomic E-state index is 0.139. The van der Waals surface area contributed by atoms with Gasteiger partial charge in [-0.15, -0.1) is 0 Å². The molecule has 0 spiro atoms. The molecule has 1 aromatic heterocycles. The highest BCUT2D eigenvalue weighted by Gasteiger charge is 2.12. The number of nitro groups is 1. The van der Waals surface area contributed by atoms with Crippen LogP contribution in [-0.2, 0) is 0 Å². The van der Waals surface area contributed by atoms with Crippen molar-refractivity contribution in [3.63, 3.8) is 0 Å². The Labute approximate surface area is 84.7 Å². The first kappa shape index (κ1) is 9.26. The standard InChI is InChI=1S/C10H7NO4/c12-8-3-1-7(2-4-8)9-5-6-10(15-9)11(13)14/h1-6,12H. The van der Waals surface area contributed by atoms with Gasteiger partial charge in [-0.3, -0.25) is 10.1 Å². The maximum absolute atomic E-state index is 10.4. The quantitative estimate of drug-likeness (QED) is 0.603. The summed E-state index contributed by atoms with van der Waals surface area (Å²) < 4.78 is 4.99. The van der Waals surface area contributed by atoms with E-state index in [-0.39, 0.29) is 11.6 Å². The first-order chi connectivity index (χ1) is 7.16. The topological polar surface area (TPSA) is 76.5 Å². The minimum atomic E-state index is -0.593. The van der Waals surface area contributed by atoms with Crippen molar-refractivity contribution in [2.24, 2.45) is 0 Å². The normalized spacial score (nSPS) is 10.1. The molecule has 0 unspecified atom stereocenters. The Morgan fingerprint density at radius 1 is 1.13 bits per heavy atom. The largest absolute Gasteiger partial charge is 0.508 e. The number of phenols is 1. The summed E-state index contributed by atoms with van der Waals surface area (Å²) in [6, 6.07) is 9.04. The van der Waals surface area contributed by atoms with Crippen LogP contribution in [0.25, 0.3) is 11.3 Å². The molecule has 2 rings (SSSR count). The van der Waals surface area contributed by atoms with E-state index in [0.29, 0.717) is 11.3 Å². The summed E-state index contributed by atoms with van der Waals surface area (Å²) in [5.41, 5.74) is 0.681. The van der Waals surface area contributed by atoms with Crippen LogP contribution in [0.2, 0.25) is 0 Å². The highest BCUT2D eigenvalue weighted by Crippen LogP contribution is 2.26. The number of hydrogen-bond acceptors (Lipinski definition) is 4. The zero-order valence-corrected chi connectivity index (χ0v) is 7.58. The van der Waals surface area contributed by atoms with Gasteiger partial charge < -0.3 is 9.52 Å². The lowest BCUT2D eigenvalue weighted by Gasteiger charge is -1.95. The van der Waals surface area contributed by atoms with Crippen LogP contribution >= 0.6 is 0 Å². The average molecular weight is 205 g/mol. The molecule has 0 fully saturated rings. The molecule has 0 saturated carbocycles. The van der Waals surface area contributed by atoms with Crippen molar-refractivity contribution in [1.82, 2.24) is 0 Å². The van der Waals surface area contributed by atoms with Crippen LogP contribution < -0.4 is 0 Å². The van der Waals surface area contributed by atoms with E-state index in [1.54, 1.807) is 12.1 Å². The van der Waals surface area contributed by atoms with Crippen molar-refractivity contribution >= 4 is 5.88 Å². The van der Waals surface area contributed by atoms with Crippen molar-refractivity contribution in [2.75, 3.05) is 0 Å². The number of nitrogens with zero attached hydrogens (tertiary/aromatic N) is 1. The summed E-state index contributed by atoms with van der Waals surface area (Å²) in [6.45, 7) is 0. The van der Waals surface area contributed by atoms with Gasteiger partial charge in [0.25, 0.3) is 0 Å². The molecule has 1 aromatic carbocycles. The van der Waals surface area contributed by atoms with Crippen LogP contribution in [0.4, 0.5) is 5.88 Å². The van der Waals surface area contributed by atoms with Gasteiger partial charge in [-0.25, -0.2) is 0 Å². The molecule has 2 aromatic rings. The summed E-state index contributed by atoms with van der Waals surface area (Å²) in [5.74, 6) is 0.250. The van der Waals surface area contributed by atoms with Gasteiger partial charge in [-0.2, -0.15) is 0 Å². The van der Waals surface area contributed by atoms with Crippen molar-refractivity contribution in [3.05, 3.63) is 46.5 Å². The Balaban J connectivity index is 2.37. The summed E-state index contributed by atoms with van der Waals surface area (Å²) in [4.78, 5) is 9.78. The van der Waals surface area contributed by atoms with Crippen LogP contribution in [0.3, 0.4) is 0 Å². The third kappa shape index (κ3) is 1.80. The minimum Gasteiger partial charge on any atom is -0.508 e. The Hall–Kier alpha value is -2.30. The highest BCUT2D eigenvalue weighted by atomic mass is 16.6. The van der Waals surface area contributed by atoms with Crippen molar-refractivity contribution in [3.8, 4) is 17.1 Å². The summed E-state index contributed by atoms with van der Waals surface area (Å²) in [6.07, 6.45) is 0. The second-order valence-electron chi connectivity index (χ2n) is 2.94. The Morgan fingerprint density at radius 2 is 1.80 bits per heavy atom. The van der Waals surface area contributed by atoms with E-state index in [4.69, 9.17) is 9.52 Å².